The maximum absolute atomic E-state index is 13.4. The Hall–Kier alpha value is -3.05. The summed E-state index contributed by atoms with van der Waals surface area (Å²) in [6.45, 7) is 11.3. The molecule has 5 nitrogen and oxygen atoms in total. The first-order valence-corrected chi connectivity index (χ1v) is 13.1. The number of rotatable bonds is 7. The van der Waals surface area contributed by atoms with Crippen molar-refractivity contribution in [1.82, 2.24) is 14.8 Å². The van der Waals surface area contributed by atoms with Gasteiger partial charge in [-0.2, -0.15) is 0 Å². The molecular weight excluding hydrogens is 434 g/mol. The Morgan fingerprint density at radius 1 is 1.14 bits per heavy atom. The maximum atomic E-state index is 13.4. The Bertz CT molecular complexity index is 1190. The standard InChI is InChI=1S/C28H33N3O2.C2H6/c1-4-30(5-2)28(32)21-15-24-23-10-7-11-25-27(23)20(17-29-25)16-26(24)31(18-21)13-12-19-8-6-9-22(14-19)33-3;1-2/h6-11,14-15,17,21,26,29H,4-5,12-13,16,18H2,1-3H3;1-2H3. The Morgan fingerprint density at radius 3 is 2.66 bits per heavy atom. The van der Waals surface area contributed by atoms with Gasteiger partial charge in [0.2, 0.25) is 5.91 Å². The number of methoxy groups -OCH3 is 1. The SMILES string of the molecule is CC.CCN(CC)C(=O)C1C=C2c3cccc4[nH]cc(c34)CC2N(CCc2cccc(OC)c2)C1. The predicted molar refractivity (Wildman–Crippen MR) is 145 cm³/mol. The Labute approximate surface area is 209 Å². The molecule has 2 aliphatic rings. The highest BCUT2D eigenvalue weighted by atomic mass is 16.5. The van der Waals surface area contributed by atoms with Crippen molar-refractivity contribution >= 4 is 22.4 Å². The molecule has 2 heterocycles. The second kappa shape index (κ2) is 11.1. The van der Waals surface area contributed by atoms with Gasteiger partial charge in [0.25, 0.3) is 0 Å². The van der Waals surface area contributed by atoms with Crippen molar-refractivity contribution in [3.63, 3.8) is 0 Å². The van der Waals surface area contributed by atoms with Gasteiger partial charge in [0, 0.05) is 49.3 Å². The minimum atomic E-state index is -0.114. The molecule has 1 aromatic heterocycles. The predicted octanol–water partition coefficient (Wildman–Crippen LogP) is 5.55. The van der Waals surface area contributed by atoms with Crippen LogP contribution >= 0.6 is 0 Å². The smallest absolute Gasteiger partial charge is 0.230 e. The van der Waals surface area contributed by atoms with E-state index in [0.29, 0.717) is 6.04 Å². The van der Waals surface area contributed by atoms with E-state index in [1.165, 1.54) is 33.2 Å². The number of carbonyl (C=O) groups excluding carboxylic acids is 1. The molecule has 0 spiro atoms. The molecule has 1 aliphatic carbocycles. The second-order valence-electron chi connectivity index (χ2n) is 9.10. The van der Waals surface area contributed by atoms with E-state index in [9.17, 15) is 4.79 Å². The normalized spacial score (nSPS) is 18.8. The van der Waals surface area contributed by atoms with Gasteiger partial charge < -0.3 is 14.6 Å². The van der Waals surface area contributed by atoms with Gasteiger partial charge in [0.1, 0.15) is 5.75 Å². The summed E-state index contributed by atoms with van der Waals surface area (Å²) < 4.78 is 5.42. The van der Waals surface area contributed by atoms with E-state index in [-0.39, 0.29) is 11.8 Å². The number of fused-ring (bicyclic) bond motifs is 2. The zero-order valence-corrected chi connectivity index (χ0v) is 21.8. The molecule has 0 bridgehead atoms. The van der Waals surface area contributed by atoms with E-state index in [2.05, 4.69) is 72.4 Å². The van der Waals surface area contributed by atoms with Crippen LogP contribution in [0.2, 0.25) is 0 Å². The van der Waals surface area contributed by atoms with Crippen LogP contribution in [0.15, 0.2) is 54.7 Å². The van der Waals surface area contributed by atoms with Gasteiger partial charge in [-0.15, -0.1) is 0 Å². The molecule has 5 heteroatoms. The first-order chi connectivity index (χ1) is 17.1. The lowest BCUT2D eigenvalue weighted by Crippen LogP contribution is -2.49. The van der Waals surface area contributed by atoms with E-state index >= 15 is 0 Å². The fraction of sp³-hybridized carbons (Fsp3) is 0.433. The van der Waals surface area contributed by atoms with Crippen LogP contribution < -0.4 is 4.74 Å². The lowest BCUT2D eigenvalue weighted by molar-refractivity contribution is -0.134. The Kier molecular flexibility index (Phi) is 7.97. The first-order valence-electron chi connectivity index (χ1n) is 13.1. The summed E-state index contributed by atoms with van der Waals surface area (Å²) in [6.07, 6.45) is 6.35. The zero-order chi connectivity index (χ0) is 24.9. The molecule has 1 amide bonds. The lowest BCUT2D eigenvalue weighted by atomic mass is 9.79. The van der Waals surface area contributed by atoms with Crippen LogP contribution in [-0.2, 0) is 17.6 Å². The minimum Gasteiger partial charge on any atom is -0.497 e. The third kappa shape index (κ3) is 4.87. The summed E-state index contributed by atoms with van der Waals surface area (Å²) in [7, 11) is 1.71. The molecule has 0 saturated heterocycles. The Balaban J connectivity index is 0.00000141. The number of H-pyrrole nitrogens is 1. The van der Waals surface area contributed by atoms with E-state index in [1.807, 2.05) is 24.8 Å². The summed E-state index contributed by atoms with van der Waals surface area (Å²) in [5.74, 6) is 1.02. The van der Waals surface area contributed by atoms with Crippen LogP contribution in [0.5, 0.6) is 5.75 Å². The number of amides is 1. The molecule has 35 heavy (non-hydrogen) atoms. The van der Waals surface area contributed by atoms with Crippen molar-refractivity contribution in [1.29, 1.82) is 0 Å². The highest BCUT2D eigenvalue weighted by Gasteiger charge is 2.37. The van der Waals surface area contributed by atoms with E-state index in [0.717, 1.165) is 44.8 Å². The van der Waals surface area contributed by atoms with Crippen molar-refractivity contribution in [3.05, 3.63) is 71.4 Å². The number of hydrogen-bond acceptors (Lipinski definition) is 3. The van der Waals surface area contributed by atoms with Gasteiger partial charge >= 0.3 is 0 Å². The summed E-state index contributed by atoms with van der Waals surface area (Å²) in [6, 6.07) is 15.1. The van der Waals surface area contributed by atoms with Gasteiger partial charge in [0.15, 0.2) is 0 Å². The van der Waals surface area contributed by atoms with E-state index < -0.39 is 0 Å². The third-order valence-corrected chi connectivity index (χ3v) is 7.34. The van der Waals surface area contributed by atoms with Crippen LogP contribution in [0.1, 0.15) is 44.4 Å². The average molecular weight is 474 g/mol. The maximum Gasteiger partial charge on any atom is 0.230 e. The Morgan fingerprint density at radius 2 is 1.91 bits per heavy atom. The summed E-state index contributed by atoms with van der Waals surface area (Å²) in [5, 5.41) is 1.32. The van der Waals surface area contributed by atoms with Gasteiger partial charge in [-0.3, -0.25) is 9.69 Å². The largest absolute Gasteiger partial charge is 0.497 e. The molecule has 0 radical (unpaired) electrons. The van der Waals surface area contributed by atoms with E-state index in [1.54, 1.807) is 7.11 Å². The quantitative estimate of drug-likeness (QED) is 0.489. The number of nitrogens with zero attached hydrogens (tertiary/aromatic N) is 2. The topological polar surface area (TPSA) is 48.6 Å². The monoisotopic (exact) mass is 473 g/mol. The number of ether oxygens (including phenoxy) is 1. The van der Waals surface area contributed by atoms with Crippen LogP contribution in [-0.4, -0.2) is 60.0 Å². The third-order valence-electron chi connectivity index (χ3n) is 7.34. The van der Waals surface area contributed by atoms with Crippen molar-refractivity contribution in [3.8, 4) is 5.75 Å². The van der Waals surface area contributed by atoms with Gasteiger partial charge in [-0.1, -0.05) is 44.2 Å². The summed E-state index contributed by atoms with van der Waals surface area (Å²) in [4.78, 5) is 21.4. The molecule has 2 unspecified atom stereocenters. The molecule has 0 saturated carbocycles. The fourth-order valence-electron chi connectivity index (χ4n) is 5.60. The first kappa shape index (κ1) is 25.1. The highest BCUT2D eigenvalue weighted by Crippen LogP contribution is 2.41. The van der Waals surface area contributed by atoms with Crippen LogP contribution in [0.25, 0.3) is 16.5 Å². The fourth-order valence-corrected chi connectivity index (χ4v) is 5.60. The molecule has 5 rings (SSSR count). The zero-order valence-electron chi connectivity index (χ0n) is 21.8. The number of benzene rings is 2. The summed E-state index contributed by atoms with van der Waals surface area (Å²) >= 11 is 0. The van der Waals surface area contributed by atoms with Crippen LogP contribution in [0, 0.1) is 5.92 Å². The number of nitrogens with one attached hydrogen (secondary N) is 1. The van der Waals surface area contributed by atoms with Gasteiger partial charge in [-0.25, -0.2) is 0 Å². The lowest BCUT2D eigenvalue weighted by Gasteiger charge is -2.42. The molecule has 2 aromatic carbocycles. The molecule has 0 fully saturated rings. The molecule has 1 aliphatic heterocycles. The van der Waals surface area contributed by atoms with Crippen molar-refractivity contribution in [2.75, 3.05) is 33.3 Å². The van der Waals surface area contributed by atoms with Crippen molar-refractivity contribution in [2.24, 2.45) is 5.92 Å². The second-order valence-corrected chi connectivity index (χ2v) is 9.10. The van der Waals surface area contributed by atoms with Gasteiger partial charge in [0.05, 0.1) is 13.0 Å². The average Bonchev–Trinajstić information content (AvgIpc) is 3.33. The molecule has 3 aromatic rings. The number of carbonyl (C=O) groups is 1. The summed E-state index contributed by atoms with van der Waals surface area (Å²) in [5.41, 5.74) is 6.42. The minimum absolute atomic E-state index is 0.114. The molecule has 186 valence electrons. The van der Waals surface area contributed by atoms with Crippen molar-refractivity contribution < 1.29 is 9.53 Å². The number of aromatic nitrogens is 1. The van der Waals surface area contributed by atoms with Gasteiger partial charge in [-0.05, 0) is 67.2 Å². The highest BCUT2D eigenvalue weighted by molar-refractivity contribution is 5.99. The molecule has 2 atom stereocenters. The van der Waals surface area contributed by atoms with E-state index in [4.69, 9.17) is 4.74 Å². The van der Waals surface area contributed by atoms with Crippen LogP contribution in [0.3, 0.4) is 0 Å². The van der Waals surface area contributed by atoms with Crippen molar-refractivity contribution in [2.45, 2.75) is 46.6 Å². The molecular formula is C30H39N3O2. The number of hydrogen-bond donors (Lipinski definition) is 1. The number of aromatic amines is 1. The molecule has 1 N–H and O–H groups in total. The van der Waals surface area contributed by atoms with Crippen LogP contribution in [0.4, 0.5) is 0 Å².